The quantitative estimate of drug-likeness (QED) is 0.763. The van der Waals surface area contributed by atoms with Crippen LogP contribution in [0.25, 0.3) is 16.8 Å². The SMILES string of the molecule is CN1CC=c2c(cc(S(=O)(=O)O)c3ccccc23)=N1. The number of hydrogen-bond donors (Lipinski definition) is 1. The summed E-state index contributed by atoms with van der Waals surface area (Å²) >= 11 is 0. The molecule has 5 nitrogen and oxygen atoms in total. The molecular weight excluding hydrogens is 264 g/mol. The highest BCUT2D eigenvalue weighted by Crippen LogP contribution is 2.18. The van der Waals surface area contributed by atoms with E-state index >= 15 is 0 Å². The second-order valence-corrected chi connectivity index (χ2v) is 5.86. The first-order valence-corrected chi connectivity index (χ1v) is 7.20. The third kappa shape index (κ3) is 1.98. The molecule has 6 heteroatoms. The van der Waals surface area contributed by atoms with Crippen LogP contribution >= 0.6 is 0 Å². The predicted molar refractivity (Wildman–Crippen MR) is 71.6 cm³/mol. The summed E-state index contributed by atoms with van der Waals surface area (Å²) < 4.78 is 32.4. The van der Waals surface area contributed by atoms with Crippen molar-refractivity contribution in [3.05, 3.63) is 40.9 Å². The average Bonchev–Trinajstić information content (AvgIpc) is 2.36. The summed E-state index contributed by atoms with van der Waals surface area (Å²) in [5.41, 5.74) is 0. The largest absolute Gasteiger partial charge is 0.296 e. The highest BCUT2D eigenvalue weighted by Gasteiger charge is 2.16. The van der Waals surface area contributed by atoms with Crippen molar-refractivity contribution < 1.29 is 13.0 Å². The van der Waals surface area contributed by atoms with Crippen LogP contribution in [0.4, 0.5) is 0 Å². The van der Waals surface area contributed by atoms with E-state index in [1.165, 1.54) is 6.07 Å². The smallest absolute Gasteiger partial charge is 0.295 e. The molecule has 0 unspecified atom stereocenters. The van der Waals surface area contributed by atoms with Crippen molar-refractivity contribution in [1.29, 1.82) is 0 Å². The molecule has 0 saturated heterocycles. The standard InChI is InChI=1S/C13H12N2O3S/c1-15-7-6-10-9-4-2-3-5-11(9)13(19(16,17)18)8-12(10)14-15/h2-6,8H,7H2,1H3,(H,16,17,18). The third-order valence-corrected chi connectivity index (χ3v) is 4.04. The zero-order chi connectivity index (χ0) is 13.6. The predicted octanol–water partition coefficient (Wildman–Crippen LogP) is 0.347. The van der Waals surface area contributed by atoms with E-state index in [2.05, 4.69) is 5.10 Å². The number of hydrogen-bond acceptors (Lipinski definition) is 4. The summed E-state index contributed by atoms with van der Waals surface area (Å²) in [7, 11) is -2.47. The van der Waals surface area contributed by atoms with Crippen LogP contribution in [0.15, 0.2) is 40.3 Å². The van der Waals surface area contributed by atoms with Crippen LogP contribution in [0.2, 0.25) is 0 Å². The van der Waals surface area contributed by atoms with Crippen molar-refractivity contribution in [2.75, 3.05) is 13.6 Å². The van der Waals surface area contributed by atoms with Gasteiger partial charge in [0.1, 0.15) is 4.90 Å². The van der Waals surface area contributed by atoms with Gasteiger partial charge in [0.25, 0.3) is 10.1 Å². The van der Waals surface area contributed by atoms with Crippen molar-refractivity contribution in [2.45, 2.75) is 4.90 Å². The summed E-state index contributed by atoms with van der Waals surface area (Å²) in [5, 5.41) is 8.76. The molecule has 0 atom stereocenters. The molecule has 19 heavy (non-hydrogen) atoms. The van der Waals surface area contributed by atoms with Gasteiger partial charge in [0.05, 0.1) is 11.9 Å². The molecule has 1 heterocycles. The third-order valence-electron chi connectivity index (χ3n) is 3.14. The summed E-state index contributed by atoms with van der Waals surface area (Å²) in [4.78, 5) is -0.102. The maximum absolute atomic E-state index is 11.5. The highest BCUT2D eigenvalue weighted by molar-refractivity contribution is 7.86. The number of rotatable bonds is 1. The fourth-order valence-electron chi connectivity index (χ4n) is 2.31. The lowest BCUT2D eigenvalue weighted by molar-refractivity contribution is 0.383. The molecule has 1 N–H and O–H groups in total. The Bertz CT molecular complexity index is 888. The van der Waals surface area contributed by atoms with E-state index < -0.39 is 10.1 Å². The maximum Gasteiger partial charge on any atom is 0.295 e. The number of nitrogens with zero attached hydrogens (tertiary/aromatic N) is 2. The topological polar surface area (TPSA) is 70.0 Å². The molecule has 0 saturated carbocycles. The van der Waals surface area contributed by atoms with E-state index in [4.69, 9.17) is 0 Å². The average molecular weight is 276 g/mol. The first kappa shape index (κ1) is 12.1. The fraction of sp³-hybridized carbons (Fsp3) is 0.154. The van der Waals surface area contributed by atoms with Gasteiger partial charge >= 0.3 is 0 Å². The zero-order valence-corrected chi connectivity index (χ0v) is 11.1. The normalized spacial score (nSPS) is 14.7. The van der Waals surface area contributed by atoms with Crippen LogP contribution in [0, 0.1) is 0 Å². The lowest BCUT2D eigenvalue weighted by Crippen LogP contribution is -2.35. The van der Waals surface area contributed by atoms with Gasteiger partial charge in [-0.15, -0.1) is 0 Å². The Morgan fingerprint density at radius 2 is 1.95 bits per heavy atom. The van der Waals surface area contributed by atoms with Crippen molar-refractivity contribution >= 4 is 27.0 Å². The van der Waals surface area contributed by atoms with Crippen LogP contribution in [-0.2, 0) is 10.1 Å². The molecule has 0 bridgehead atoms. The van der Waals surface area contributed by atoms with Gasteiger partial charge in [-0.1, -0.05) is 30.3 Å². The Labute approximate surface area is 110 Å². The molecule has 98 valence electrons. The Morgan fingerprint density at radius 3 is 2.63 bits per heavy atom. The molecule has 0 aliphatic carbocycles. The molecule has 1 aliphatic heterocycles. The summed E-state index contributed by atoms with van der Waals surface area (Å²) in [6.45, 7) is 0.669. The molecule has 1 aliphatic rings. The van der Waals surface area contributed by atoms with Gasteiger partial charge in [-0.3, -0.25) is 9.56 Å². The Hall–Kier alpha value is -1.92. The van der Waals surface area contributed by atoms with Gasteiger partial charge in [-0.05, 0) is 11.5 Å². The van der Waals surface area contributed by atoms with Crippen LogP contribution < -0.4 is 10.6 Å². The monoisotopic (exact) mass is 276 g/mol. The molecule has 0 amide bonds. The molecule has 0 aromatic heterocycles. The minimum Gasteiger partial charge on any atom is -0.296 e. The van der Waals surface area contributed by atoms with Crippen LogP contribution in [0.5, 0.6) is 0 Å². The van der Waals surface area contributed by atoms with Crippen LogP contribution in [0.3, 0.4) is 0 Å². The first-order chi connectivity index (χ1) is 8.97. The molecule has 0 fully saturated rings. The fourth-order valence-corrected chi connectivity index (χ4v) is 3.03. The van der Waals surface area contributed by atoms with E-state index in [0.29, 0.717) is 17.3 Å². The van der Waals surface area contributed by atoms with E-state index in [-0.39, 0.29) is 4.90 Å². The second kappa shape index (κ2) is 4.04. The summed E-state index contributed by atoms with van der Waals surface area (Å²) in [6, 6.07) is 8.52. The molecular formula is C13H12N2O3S. The van der Waals surface area contributed by atoms with Crippen molar-refractivity contribution in [3.63, 3.8) is 0 Å². The maximum atomic E-state index is 11.5. The molecule has 2 aromatic rings. The van der Waals surface area contributed by atoms with Crippen LogP contribution in [0.1, 0.15) is 0 Å². The minimum absolute atomic E-state index is 0.102. The van der Waals surface area contributed by atoms with Crippen molar-refractivity contribution in [3.8, 4) is 0 Å². The van der Waals surface area contributed by atoms with Gasteiger partial charge in [0, 0.05) is 17.7 Å². The van der Waals surface area contributed by atoms with Gasteiger partial charge in [0.2, 0.25) is 0 Å². The number of fused-ring (bicyclic) bond motifs is 3. The molecule has 0 spiro atoms. The van der Waals surface area contributed by atoms with E-state index in [0.717, 1.165) is 10.6 Å². The number of benzene rings is 2. The Kier molecular flexibility index (Phi) is 2.58. The Morgan fingerprint density at radius 1 is 1.26 bits per heavy atom. The molecule has 0 radical (unpaired) electrons. The molecule has 3 rings (SSSR count). The lowest BCUT2D eigenvalue weighted by Gasteiger charge is -2.15. The van der Waals surface area contributed by atoms with Gasteiger partial charge in [-0.25, -0.2) is 0 Å². The highest BCUT2D eigenvalue weighted by atomic mass is 32.2. The van der Waals surface area contributed by atoms with E-state index in [1.807, 2.05) is 25.3 Å². The van der Waals surface area contributed by atoms with Gasteiger partial charge in [-0.2, -0.15) is 13.5 Å². The summed E-state index contributed by atoms with van der Waals surface area (Å²) in [5.74, 6) is 0. The van der Waals surface area contributed by atoms with E-state index in [9.17, 15) is 13.0 Å². The first-order valence-electron chi connectivity index (χ1n) is 5.76. The second-order valence-electron chi connectivity index (χ2n) is 4.47. The van der Waals surface area contributed by atoms with Crippen molar-refractivity contribution in [2.24, 2.45) is 5.10 Å². The van der Waals surface area contributed by atoms with Gasteiger partial charge in [0.15, 0.2) is 0 Å². The molecule has 2 aromatic carbocycles. The zero-order valence-electron chi connectivity index (χ0n) is 10.2. The lowest BCUT2D eigenvalue weighted by atomic mass is 10.1. The van der Waals surface area contributed by atoms with E-state index in [1.54, 1.807) is 17.1 Å². The minimum atomic E-state index is -4.27. The van der Waals surface area contributed by atoms with Crippen molar-refractivity contribution in [1.82, 2.24) is 5.01 Å². The summed E-state index contributed by atoms with van der Waals surface area (Å²) in [6.07, 6.45) is 2.00. The Balaban J connectivity index is 2.59. The van der Waals surface area contributed by atoms with Gasteiger partial charge < -0.3 is 0 Å². The van der Waals surface area contributed by atoms with Crippen LogP contribution in [-0.4, -0.2) is 31.6 Å².